The van der Waals surface area contributed by atoms with Crippen molar-refractivity contribution in [3.05, 3.63) is 52.6 Å². The molecule has 0 amide bonds. The topological polar surface area (TPSA) is 46.6 Å². The first kappa shape index (κ1) is 26.1. The van der Waals surface area contributed by atoms with Crippen LogP contribution in [0.5, 0.6) is 0 Å². The smallest absolute Gasteiger partial charge is 0.289 e. The van der Waals surface area contributed by atoms with E-state index in [4.69, 9.17) is 4.84 Å². The van der Waals surface area contributed by atoms with E-state index in [2.05, 4.69) is 6.08 Å². The van der Waals surface area contributed by atoms with Crippen LogP contribution in [0.25, 0.3) is 0 Å². The Labute approximate surface area is 223 Å². The molecule has 1 heterocycles. The predicted molar refractivity (Wildman–Crippen MR) is 137 cm³/mol. The Bertz CT molecular complexity index is 1230. The number of nitrogens with zero attached hydrogens (tertiary/aromatic N) is 1. The number of hydrogen-bond acceptors (Lipinski definition) is 5. The maximum Gasteiger partial charge on any atom is 0.416 e. The average Bonchev–Trinajstić information content (AvgIpc) is 3.41. The lowest BCUT2D eigenvalue weighted by Crippen LogP contribution is -2.51. The zero-order valence-electron chi connectivity index (χ0n) is 21.4. The van der Waals surface area contributed by atoms with Gasteiger partial charge in [-0.25, -0.2) is 4.39 Å². The molecule has 204 valence electrons. The molecule has 4 fully saturated rings. The van der Waals surface area contributed by atoms with E-state index in [-0.39, 0.29) is 34.6 Å². The van der Waals surface area contributed by atoms with Gasteiger partial charge in [-0.3, -0.25) is 19.5 Å². The summed E-state index contributed by atoms with van der Waals surface area (Å²) >= 11 is 0.642. The lowest BCUT2D eigenvalue weighted by molar-refractivity contribution is -0.143. The number of thioether (sulfide) groups is 1. The van der Waals surface area contributed by atoms with Gasteiger partial charge in [-0.1, -0.05) is 23.4 Å². The summed E-state index contributed by atoms with van der Waals surface area (Å²) in [5.74, 6) is 1.22. The lowest BCUT2D eigenvalue weighted by atomic mass is 9.55. The van der Waals surface area contributed by atoms with Gasteiger partial charge in [0.25, 0.3) is 0 Å². The summed E-state index contributed by atoms with van der Waals surface area (Å²) in [6, 6.07) is 3.94. The molecule has 1 aromatic carbocycles. The second-order valence-corrected chi connectivity index (χ2v) is 12.4. The Morgan fingerprint density at radius 1 is 1.11 bits per heavy atom. The maximum absolute atomic E-state index is 13.5. The Balaban J connectivity index is 1.29. The molecule has 0 N–H and O–H groups in total. The van der Waals surface area contributed by atoms with Crippen LogP contribution in [-0.4, -0.2) is 29.1 Å². The third-order valence-corrected chi connectivity index (χ3v) is 10.7. The highest BCUT2D eigenvalue weighted by molar-refractivity contribution is 8.13. The molecule has 0 bridgehead atoms. The quantitative estimate of drug-likeness (QED) is 0.383. The third-order valence-electron chi connectivity index (χ3n) is 10.00. The standard InChI is InChI=1S/C29H31F4NO3S/c1-15-11-23-20(16(2)26(15)35)7-8-22-21(23)9-10-25-24(22)12-18-13-34(37-28(18,25)27(36)38-14-30)19-5-3-17(4-6-19)29(31,32)33/h3-6,11,18,21-25H,7-10,12-14H2,1-2H3. The second-order valence-electron chi connectivity index (χ2n) is 11.5. The second kappa shape index (κ2) is 9.22. The van der Waals surface area contributed by atoms with Gasteiger partial charge >= 0.3 is 6.18 Å². The van der Waals surface area contributed by atoms with E-state index in [1.165, 1.54) is 17.7 Å². The summed E-state index contributed by atoms with van der Waals surface area (Å²) in [6.07, 6.45) is 2.00. The molecule has 9 heteroatoms. The summed E-state index contributed by atoms with van der Waals surface area (Å²) in [5.41, 5.74) is 1.51. The van der Waals surface area contributed by atoms with Crippen molar-refractivity contribution in [1.82, 2.24) is 0 Å². The molecule has 5 aliphatic rings. The normalized spacial score (nSPS) is 36.4. The number of hydrogen-bond donors (Lipinski definition) is 0. The number of ketones is 1. The van der Waals surface area contributed by atoms with Crippen molar-refractivity contribution in [3.63, 3.8) is 0 Å². The summed E-state index contributed by atoms with van der Waals surface area (Å²) in [4.78, 5) is 32.6. The summed E-state index contributed by atoms with van der Waals surface area (Å²) in [5, 5.41) is 1.24. The highest BCUT2D eigenvalue weighted by Crippen LogP contribution is 2.64. The highest BCUT2D eigenvalue weighted by atomic mass is 32.2. The van der Waals surface area contributed by atoms with Crippen LogP contribution in [0.3, 0.4) is 0 Å². The zero-order valence-corrected chi connectivity index (χ0v) is 22.2. The molecule has 4 nitrogen and oxygen atoms in total. The molecule has 0 aromatic heterocycles. The Morgan fingerprint density at radius 2 is 1.84 bits per heavy atom. The van der Waals surface area contributed by atoms with Crippen molar-refractivity contribution in [2.45, 2.75) is 57.7 Å². The molecular weight excluding hydrogens is 518 g/mol. The van der Waals surface area contributed by atoms with Crippen molar-refractivity contribution >= 4 is 28.3 Å². The summed E-state index contributed by atoms with van der Waals surface area (Å²) in [6.45, 7) is 4.22. The van der Waals surface area contributed by atoms with E-state index in [1.807, 2.05) is 13.8 Å². The van der Waals surface area contributed by atoms with E-state index >= 15 is 0 Å². The number of allylic oxidation sites excluding steroid dienone is 4. The number of Topliss-reactive ketones (excluding diaryl/α,β-unsaturated/α-hetero) is 1. The summed E-state index contributed by atoms with van der Waals surface area (Å²) < 4.78 is 52.7. The number of fused-ring (bicyclic) bond motifs is 7. The van der Waals surface area contributed by atoms with Crippen molar-refractivity contribution in [2.24, 2.45) is 35.5 Å². The van der Waals surface area contributed by atoms with Crippen LogP contribution in [0, 0.1) is 35.5 Å². The average molecular weight is 550 g/mol. The van der Waals surface area contributed by atoms with Crippen LogP contribution in [0.2, 0.25) is 0 Å². The lowest BCUT2D eigenvalue weighted by Gasteiger charge is -2.50. The largest absolute Gasteiger partial charge is 0.416 e. The number of anilines is 1. The van der Waals surface area contributed by atoms with Gasteiger partial charge in [-0.15, -0.1) is 0 Å². The first-order chi connectivity index (χ1) is 18.1. The number of halogens is 4. The van der Waals surface area contributed by atoms with Gasteiger partial charge in [0.1, 0.15) is 6.01 Å². The van der Waals surface area contributed by atoms with E-state index in [9.17, 15) is 27.2 Å². The number of carbonyl (C=O) groups excluding carboxylic acids is 2. The van der Waals surface area contributed by atoms with Gasteiger partial charge < -0.3 is 0 Å². The Morgan fingerprint density at radius 3 is 2.53 bits per heavy atom. The maximum atomic E-state index is 13.5. The van der Waals surface area contributed by atoms with Crippen LogP contribution in [0.1, 0.15) is 51.5 Å². The fraction of sp³-hybridized carbons (Fsp3) is 0.586. The van der Waals surface area contributed by atoms with Gasteiger partial charge in [0.15, 0.2) is 11.4 Å². The summed E-state index contributed by atoms with van der Waals surface area (Å²) in [7, 11) is 0. The molecule has 3 saturated carbocycles. The molecule has 4 aliphatic carbocycles. The molecule has 7 atom stereocenters. The van der Waals surface area contributed by atoms with Gasteiger partial charge in [0.2, 0.25) is 5.12 Å². The van der Waals surface area contributed by atoms with Gasteiger partial charge in [-0.05, 0) is 99.1 Å². The molecule has 1 aromatic rings. The highest BCUT2D eigenvalue weighted by Gasteiger charge is 2.68. The van der Waals surface area contributed by atoms with Crippen molar-refractivity contribution in [3.8, 4) is 0 Å². The molecule has 1 aliphatic heterocycles. The molecule has 0 spiro atoms. The van der Waals surface area contributed by atoms with Gasteiger partial charge in [-0.2, -0.15) is 13.2 Å². The first-order valence-corrected chi connectivity index (χ1v) is 14.3. The molecule has 7 unspecified atom stereocenters. The number of rotatable bonds is 3. The third kappa shape index (κ3) is 3.82. The number of hydroxylamine groups is 1. The van der Waals surface area contributed by atoms with Crippen molar-refractivity contribution in [1.29, 1.82) is 0 Å². The monoisotopic (exact) mass is 549 g/mol. The predicted octanol–water partition coefficient (Wildman–Crippen LogP) is 6.92. The molecular formula is C29H31F4NO3S. The van der Waals surface area contributed by atoms with Gasteiger partial charge in [0.05, 0.1) is 17.8 Å². The van der Waals surface area contributed by atoms with Crippen molar-refractivity contribution in [2.75, 3.05) is 17.6 Å². The molecule has 0 radical (unpaired) electrons. The minimum atomic E-state index is -4.44. The molecule has 1 saturated heterocycles. The Kier molecular flexibility index (Phi) is 6.34. The fourth-order valence-corrected chi connectivity index (χ4v) is 9.11. The SMILES string of the molecule is CC1=CC2C(=C(C)C1=O)CCC1C2CCC2C1CC1CN(c3ccc(C(F)(F)F)cc3)OC12C(=O)SCF. The minimum absolute atomic E-state index is 0.0679. The van der Waals surface area contributed by atoms with E-state index in [1.54, 1.807) is 5.06 Å². The number of carbonyl (C=O) groups is 2. The minimum Gasteiger partial charge on any atom is -0.289 e. The van der Waals surface area contributed by atoms with Crippen molar-refractivity contribution < 1.29 is 32.0 Å². The number of alkyl halides is 4. The fourth-order valence-electron chi connectivity index (χ4n) is 8.43. The van der Waals surface area contributed by atoms with E-state index in [0.29, 0.717) is 35.8 Å². The number of benzene rings is 1. The Hall–Kier alpha value is -2.13. The van der Waals surface area contributed by atoms with Crippen LogP contribution >= 0.6 is 11.8 Å². The van der Waals surface area contributed by atoms with Crippen LogP contribution in [-0.2, 0) is 20.6 Å². The van der Waals surface area contributed by atoms with Crippen LogP contribution in [0.4, 0.5) is 23.2 Å². The molecule has 38 heavy (non-hydrogen) atoms. The van der Waals surface area contributed by atoms with E-state index < -0.39 is 23.3 Å². The molecule has 6 rings (SSSR count). The van der Waals surface area contributed by atoms with Gasteiger partial charge in [0, 0.05) is 17.8 Å². The zero-order chi connectivity index (χ0) is 27.0. The van der Waals surface area contributed by atoms with E-state index in [0.717, 1.165) is 55.4 Å². The van der Waals surface area contributed by atoms with Crippen LogP contribution < -0.4 is 5.06 Å². The first-order valence-electron chi connectivity index (χ1n) is 13.4. The van der Waals surface area contributed by atoms with Crippen LogP contribution in [0.15, 0.2) is 47.1 Å².